The van der Waals surface area contributed by atoms with E-state index in [-0.39, 0.29) is 18.4 Å². The van der Waals surface area contributed by atoms with Gasteiger partial charge in [0.1, 0.15) is 6.04 Å². The van der Waals surface area contributed by atoms with Crippen LogP contribution < -0.4 is 0 Å². The maximum atomic E-state index is 12.0. The molecule has 0 aromatic rings. The summed E-state index contributed by atoms with van der Waals surface area (Å²) in [5.74, 6) is 0.133. The fourth-order valence-electron chi connectivity index (χ4n) is 2.07. The number of thioether (sulfide) groups is 2. The Bertz CT molecular complexity index is 378. The van der Waals surface area contributed by atoms with Gasteiger partial charge in [0, 0.05) is 13.1 Å². The van der Waals surface area contributed by atoms with E-state index in [1.807, 2.05) is 12.5 Å². The van der Waals surface area contributed by atoms with Gasteiger partial charge >= 0.3 is 5.97 Å². The van der Waals surface area contributed by atoms with E-state index in [1.165, 1.54) is 35.5 Å². The largest absolute Gasteiger partial charge is 0.467 e. The molecule has 1 unspecified atom stereocenters. The van der Waals surface area contributed by atoms with Crippen LogP contribution in [0.3, 0.4) is 0 Å². The lowest BCUT2D eigenvalue weighted by atomic mass is 10.1. The predicted octanol–water partition coefficient (Wildman–Crippen LogP) is -0.0752. The van der Waals surface area contributed by atoms with Crippen molar-refractivity contribution in [2.45, 2.75) is 6.04 Å². The standard InChI is InChI=1S/C12H20N2O4S2/c1-18-12(17)9-6-13(10(15)7-19-2)4-5-14(9)11(16)8-20-3/h9H,4-8H2,1-3H3. The second kappa shape index (κ2) is 8.41. The molecule has 1 atom stereocenters. The zero-order chi connectivity index (χ0) is 15.1. The summed E-state index contributed by atoms with van der Waals surface area (Å²) in [6, 6.07) is -0.695. The second-order valence-corrected chi connectivity index (χ2v) is 6.06. The van der Waals surface area contributed by atoms with Gasteiger partial charge in [-0.3, -0.25) is 9.59 Å². The molecule has 0 N–H and O–H groups in total. The average molecular weight is 320 g/mol. The van der Waals surface area contributed by atoms with Gasteiger partial charge in [-0.2, -0.15) is 23.5 Å². The molecule has 114 valence electrons. The molecule has 0 aliphatic carbocycles. The van der Waals surface area contributed by atoms with Crippen LogP contribution in [0.4, 0.5) is 0 Å². The molecule has 0 spiro atoms. The van der Waals surface area contributed by atoms with E-state index < -0.39 is 12.0 Å². The molecule has 1 rings (SSSR count). The summed E-state index contributed by atoms with van der Waals surface area (Å²) in [4.78, 5) is 38.9. The van der Waals surface area contributed by atoms with Crippen molar-refractivity contribution >= 4 is 41.3 Å². The highest BCUT2D eigenvalue weighted by Crippen LogP contribution is 2.14. The maximum Gasteiger partial charge on any atom is 0.330 e. The number of carbonyl (C=O) groups is 3. The van der Waals surface area contributed by atoms with Gasteiger partial charge < -0.3 is 14.5 Å². The van der Waals surface area contributed by atoms with Crippen LogP contribution in [0.5, 0.6) is 0 Å². The molecule has 1 heterocycles. The number of hydrogen-bond donors (Lipinski definition) is 0. The Balaban J connectivity index is 2.78. The number of methoxy groups -OCH3 is 1. The first-order valence-electron chi connectivity index (χ1n) is 6.18. The monoisotopic (exact) mass is 320 g/mol. The van der Waals surface area contributed by atoms with Gasteiger partial charge in [0.2, 0.25) is 11.8 Å². The van der Waals surface area contributed by atoms with Crippen LogP contribution in [-0.2, 0) is 19.1 Å². The summed E-state index contributed by atoms with van der Waals surface area (Å²) in [6.07, 6.45) is 3.69. The Kier molecular flexibility index (Phi) is 7.22. The number of carbonyl (C=O) groups excluding carboxylic acids is 3. The average Bonchev–Trinajstić information content (AvgIpc) is 2.46. The first-order chi connectivity index (χ1) is 9.54. The molecule has 2 amide bonds. The molecule has 8 heteroatoms. The Morgan fingerprint density at radius 1 is 1.10 bits per heavy atom. The molecule has 1 aliphatic rings. The van der Waals surface area contributed by atoms with Crippen molar-refractivity contribution < 1.29 is 19.1 Å². The summed E-state index contributed by atoms with van der Waals surface area (Å²) in [6.45, 7) is 1.05. The van der Waals surface area contributed by atoms with Gasteiger partial charge in [-0.1, -0.05) is 0 Å². The zero-order valence-electron chi connectivity index (χ0n) is 12.0. The van der Waals surface area contributed by atoms with Gasteiger partial charge in [0.05, 0.1) is 25.2 Å². The van der Waals surface area contributed by atoms with Crippen LogP contribution in [0.1, 0.15) is 0 Å². The van der Waals surface area contributed by atoms with E-state index in [1.54, 1.807) is 4.90 Å². The number of piperazine rings is 1. The smallest absolute Gasteiger partial charge is 0.330 e. The van der Waals surface area contributed by atoms with Crippen molar-refractivity contribution in [1.82, 2.24) is 9.80 Å². The summed E-state index contributed by atoms with van der Waals surface area (Å²) in [7, 11) is 1.29. The van der Waals surface area contributed by atoms with Crippen molar-refractivity contribution in [1.29, 1.82) is 0 Å². The molecule has 20 heavy (non-hydrogen) atoms. The molecule has 1 fully saturated rings. The molecular formula is C12H20N2O4S2. The molecule has 0 aromatic carbocycles. The van der Waals surface area contributed by atoms with Crippen LogP contribution in [0, 0.1) is 0 Å². The van der Waals surface area contributed by atoms with Gasteiger partial charge in [0.25, 0.3) is 0 Å². The summed E-state index contributed by atoms with van der Waals surface area (Å²) >= 11 is 2.86. The quantitative estimate of drug-likeness (QED) is 0.661. The van der Waals surface area contributed by atoms with Crippen molar-refractivity contribution in [3.8, 4) is 0 Å². The fourth-order valence-corrected chi connectivity index (χ4v) is 2.91. The molecule has 1 saturated heterocycles. The highest BCUT2D eigenvalue weighted by molar-refractivity contribution is 7.99. The Labute approximate surface area is 127 Å². The summed E-state index contributed by atoms with van der Waals surface area (Å²) in [5, 5.41) is 0. The molecule has 0 radical (unpaired) electrons. The third-order valence-corrected chi connectivity index (χ3v) is 4.13. The Morgan fingerprint density at radius 2 is 1.70 bits per heavy atom. The van der Waals surface area contributed by atoms with Crippen LogP contribution in [0.25, 0.3) is 0 Å². The number of nitrogens with zero attached hydrogens (tertiary/aromatic N) is 2. The van der Waals surface area contributed by atoms with E-state index in [0.29, 0.717) is 24.6 Å². The van der Waals surface area contributed by atoms with E-state index in [4.69, 9.17) is 4.74 Å². The highest BCUT2D eigenvalue weighted by atomic mass is 32.2. The Hall–Kier alpha value is -0.890. The minimum atomic E-state index is -0.695. The normalized spacial score (nSPS) is 18.9. The molecule has 0 aromatic heterocycles. The second-order valence-electron chi connectivity index (χ2n) is 4.33. The Morgan fingerprint density at radius 3 is 2.25 bits per heavy atom. The third kappa shape index (κ3) is 4.31. The van der Waals surface area contributed by atoms with Crippen molar-refractivity contribution in [3.05, 3.63) is 0 Å². The van der Waals surface area contributed by atoms with Crippen LogP contribution in [0.2, 0.25) is 0 Å². The summed E-state index contributed by atoms with van der Waals surface area (Å²) < 4.78 is 4.75. The van der Waals surface area contributed by atoms with E-state index in [2.05, 4.69) is 0 Å². The number of esters is 1. The summed E-state index contributed by atoms with van der Waals surface area (Å²) in [5.41, 5.74) is 0. The lowest BCUT2D eigenvalue weighted by Crippen LogP contribution is -2.60. The molecule has 0 saturated carbocycles. The number of rotatable bonds is 5. The topological polar surface area (TPSA) is 66.9 Å². The fraction of sp³-hybridized carbons (Fsp3) is 0.750. The van der Waals surface area contributed by atoms with E-state index >= 15 is 0 Å². The number of amides is 2. The van der Waals surface area contributed by atoms with Gasteiger partial charge in [0.15, 0.2) is 0 Å². The highest BCUT2D eigenvalue weighted by Gasteiger charge is 2.37. The van der Waals surface area contributed by atoms with Crippen LogP contribution >= 0.6 is 23.5 Å². The zero-order valence-corrected chi connectivity index (χ0v) is 13.6. The van der Waals surface area contributed by atoms with Gasteiger partial charge in [-0.15, -0.1) is 0 Å². The third-order valence-electron chi connectivity index (χ3n) is 3.06. The minimum Gasteiger partial charge on any atom is -0.467 e. The first kappa shape index (κ1) is 17.2. The predicted molar refractivity (Wildman–Crippen MR) is 80.9 cm³/mol. The maximum absolute atomic E-state index is 12.0. The molecule has 6 nitrogen and oxygen atoms in total. The first-order valence-corrected chi connectivity index (χ1v) is 8.96. The van der Waals surface area contributed by atoms with Crippen molar-refractivity contribution in [3.63, 3.8) is 0 Å². The lowest BCUT2D eigenvalue weighted by molar-refractivity contribution is -0.157. The van der Waals surface area contributed by atoms with Crippen LogP contribution in [0.15, 0.2) is 0 Å². The minimum absolute atomic E-state index is 0.0108. The van der Waals surface area contributed by atoms with E-state index in [9.17, 15) is 14.4 Å². The van der Waals surface area contributed by atoms with Gasteiger partial charge in [-0.05, 0) is 12.5 Å². The van der Waals surface area contributed by atoms with E-state index in [0.717, 1.165) is 0 Å². The molecule has 0 bridgehead atoms. The van der Waals surface area contributed by atoms with Crippen molar-refractivity contribution in [2.24, 2.45) is 0 Å². The number of hydrogen-bond acceptors (Lipinski definition) is 6. The van der Waals surface area contributed by atoms with Gasteiger partial charge in [-0.25, -0.2) is 4.79 Å². The lowest BCUT2D eigenvalue weighted by Gasteiger charge is -2.39. The number of ether oxygens (including phenoxy) is 1. The SMILES string of the molecule is COC(=O)C1CN(C(=O)CSC)CCN1C(=O)CSC. The van der Waals surface area contributed by atoms with Crippen LogP contribution in [-0.4, -0.2) is 84.4 Å². The molecule has 1 aliphatic heterocycles. The molecular weight excluding hydrogens is 300 g/mol. The van der Waals surface area contributed by atoms with Crippen molar-refractivity contribution in [2.75, 3.05) is 50.8 Å².